The lowest BCUT2D eigenvalue weighted by molar-refractivity contribution is 0.0827. The van der Waals surface area contributed by atoms with E-state index < -0.39 is 6.10 Å². The van der Waals surface area contributed by atoms with Crippen LogP contribution in [0.5, 0.6) is 0 Å². The molecule has 21 heavy (non-hydrogen) atoms. The van der Waals surface area contributed by atoms with Crippen LogP contribution < -0.4 is 11.1 Å². The van der Waals surface area contributed by atoms with Crippen LogP contribution in [0, 0.1) is 5.41 Å². The average Bonchev–Trinajstić information content (AvgIpc) is 2.34. The first-order valence-corrected chi connectivity index (χ1v) is 7.13. The molecule has 5 heteroatoms. The zero-order valence-corrected chi connectivity index (χ0v) is 13.6. The summed E-state index contributed by atoms with van der Waals surface area (Å²) < 4.78 is 0. The van der Waals surface area contributed by atoms with Crippen LogP contribution in [0.4, 0.5) is 11.4 Å². The molecular weight excluding hydrogens is 266 g/mol. The van der Waals surface area contributed by atoms with Gasteiger partial charge in [-0.1, -0.05) is 20.8 Å². The van der Waals surface area contributed by atoms with E-state index in [9.17, 15) is 9.90 Å². The van der Waals surface area contributed by atoms with Gasteiger partial charge in [-0.2, -0.15) is 0 Å². The number of amides is 1. The number of nitrogen functional groups attached to an aromatic ring is 1. The lowest BCUT2D eigenvalue weighted by Crippen LogP contribution is -2.25. The molecule has 1 amide bonds. The molecule has 118 valence electrons. The Bertz CT molecular complexity index is 493. The SMILES string of the molecule is CN(C)C(=O)c1ccc(NCC(O)CC(C)(C)C)c(N)c1. The maximum atomic E-state index is 11.8. The fraction of sp³-hybridized carbons (Fsp3) is 0.562. The number of nitrogens with one attached hydrogen (secondary N) is 1. The van der Waals surface area contributed by atoms with E-state index in [4.69, 9.17) is 5.73 Å². The van der Waals surface area contributed by atoms with Crippen molar-refractivity contribution in [2.45, 2.75) is 33.3 Å². The lowest BCUT2D eigenvalue weighted by atomic mass is 9.89. The van der Waals surface area contributed by atoms with Gasteiger partial charge in [0.25, 0.3) is 5.91 Å². The van der Waals surface area contributed by atoms with Crippen LogP contribution in [0.15, 0.2) is 18.2 Å². The molecule has 5 nitrogen and oxygen atoms in total. The molecule has 0 saturated heterocycles. The van der Waals surface area contributed by atoms with Gasteiger partial charge < -0.3 is 21.1 Å². The van der Waals surface area contributed by atoms with Gasteiger partial charge in [0.05, 0.1) is 17.5 Å². The third-order valence-corrected chi connectivity index (χ3v) is 3.08. The molecular formula is C16H27N3O2. The largest absolute Gasteiger partial charge is 0.397 e. The van der Waals surface area contributed by atoms with Crippen LogP contribution in [-0.2, 0) is 0 Å². The van der Waals surface area contributed by atoms with Crippen molar-refractivity contribution in [3.05, 3.63) is 23.8 Å². The van der Waals surface area contributed by atoms with E-state index in [2.05, 4.69) is 26.1 Å². The Kier molecular flexibility index (Phi) is 5.61. The molecule has 1 aromatic carbocycles. The number of anilines is 2. The first-order chi connectivity index (χ1) is 9.60. The number of nitrogens with zero attached hydrogens (tertiary/aromatic N) is 1. The summed E-state index contributed by atoms with van der Waals surface area (Å²) in [6.45, 7) is 6.70. The number of aliphatic hydroxyl groups excluding tert-OH is 1. The highest BCUT2D eigenvalue weighted by Crippen LogP contribution is 2.23. The molecule has 1 rings (SSSR count). The van der Waals surface area contributed by atoms with Crippen LogP contribution in [-0.4, -0.2) is 42.7 Å². The number of hydrogen-bond acceptors (Lipinski definition) is 4. The van der Waals surface area contributed by atoms with E-state index in [0.29, 0.717) is 24.2 Å². The molecule has 0 bridgehead atoms. The number of benzene rings is 1. The summed E-state index contributed by atoms with van der Waals surface area (Å²) in [7, 11) is 3.40. The van der Waals surface area contributed by atoms with Crippen molar-refractivity contribution in [1.29, 1.82) is 0 Å². The molecule has 0 heterocycles. The van der Waals surface area contributed by atoms with Crippen molar-refractivity contribution in [2.75, 3.05) is 31.7 Å². The first-order valence-electron chi connectivity index (χ1n) is 7.13. The van der Waals surface area contributed by atoms with Crippen molar-refractivity contribution in [3.8, 4) is 0 Å². The second kappa shape index (κ2) is 6.80. The molecule has 0 saturated carbocycles. The Balaban J connectivity index is 2.67. The van der Waals surface area contributed by atoms with Crippen LogP contribution in [0.25, 0.3) is 0 Å². The van der Waals surface area contributed by atoms with E-state index in [-0.39, 0.29) is 11.3 Å². The average molecular weight is 293 g/mol. The zero-order chi connectivity index (χ0) is 16.2. The van der Waals surface area contributed by atoms with E-state index in [1.807, 2.05) is 0 Å². The molecule has 1 aromatic rings. The summed E-state index contributed by atoms with van der Waals surface area (Å²) >= 11 is 0. The van der Waals surface area contributed by atoms with Crippen LogP contribution >= 0.6 is 0 Å². The highest BCUT2D eigenvalue weighted by molar-refractivity contribution is 5.95. The van der Waals surface area contributed by atoms with Crippen molar-refractivity contribution in [1.82, 2.24) is 4.90 Å². The molecule has 0 fully saturated rings. The third kappa shape index (κ3) is 5.63. The normalized spacial score (nSPS) is 12.9. The van der Waals surface area contributed by atoms with E-state index in [1.165, 1.54) is 4.90 Å². The standard InChI is InChI=1S/C16H27N3O2/c1-16(2,3)9-12(20)10-18-14-7-6-11(8-13(14)17)15(21)19(4)5/h6-8,12,18,20H,9-10,17H2,1-5H3. The molecule has 0 spiro atoms. The predicted molar refractivity (Wildman–Crippen MR) is 87.4 cm³/mol. The minimum absolute atomic E-state index is 0.0780. The third-order valence-electron chi connectivity index (χ3n) is 3.08. The van der Waals surface area contributed by atoms with Crippen molar-refractivity contribution >= 4 is 17.3 Å². The van der Waals surface area contributed by atoms with E-state index >= 15 is 0 Å². The maximum Gasteiger partial charge on any atom is 0.253 e. The van der Waals surface area contributed by atoms with Gasteiger partial charge in [-0.15, -0.1) is 0 Å². The van der Waals surface area contributed by atoms with Crippen LogP contribution in [0.1, 0.15) is 37.6 Å². The number of carbonyl (C=O) groups is 1. The van der Waals surface area contributed by atoms with Crippen molar-refractivity contribution < 1.29 is 9.90 Å². The molecule has 0 aliphatic rings. The van der Waals surface area contributed by atoms with Crippen LogP contribution in [0.2, 0.25) is 0 Å². The maximum absolute atomic E-state index is 11.8. The van der Waals surface area contributed by atoms with Crippen molar-refractivity contribution in [3.63, 3.8) is 0 Å². The smallest absolute Gasteiger partial charge is 0.253 e. The lowest BCUT2D eigenvalue weighted by Gasteiger charge is -2.23. The molecule has 1 atom stereocenters. The topological polar surface area (TPSA) is 78.6 Å². The number of carbonyl (C=O) groups excluding carboxylic acids is 1. The summed E-state index contributed by atoms with van der Waals surface area (Å²) in [5.74, 6) is -0.0824. The summed E-state index contributed by atoms with van der Waals surface area (Å²) in [6.07, 6.45) is 0.268. The number of hydrogen-bond donors (Lipinski definition) is 3. The molecule has 0 radical (unpaired) electrons. The Hall–Kier alpha value is -1.75. The predicted octanol–water partition coefficient (Wildman–Crippen LogP) is 2.18. The molecule has 1 unspecified atom stereocenters. The minimum atomic E-state index is -0.438. The first kappa shape index (κ1) is 17.3. The number of aliphatic hydroxyl groups is 1. The van der Waals surface area contributed by atoms with Gasteiger partial charge >= 0.3 is 0 Å². The Morgan fingerprint density at radius 3 is 2.48 bits per heavy atom. The van der Waals surface area contributed by atoms with Crippen LogP contribution in [0.3, 0.4) is 0 Å². The number of rotatable bonds is 5. The van der Waals surface area contributed by atoms with Gasteiger partial charge in [0.1, 0.15) is 0 Å². The van der Waals surface area contributed by atoms with Gasteiger partial charge in [0, 0.05) is 26.2 Å². The molecule has 4 N–H and O–H groups in total. The van der Waals surface area contributed by atoms with Gasteiger partial charge in [-0.05, 0) is 30.0 Å². The molecule has 0 aromatic heterocycles. The zero-order valence-electron chi connectivity index (χ0n) is 13.6. The Labute approximate surface area is 127 Å². The highest BCUT2D eigenvalue weighted by atomic mass is 16.3. The fourth-order valence-corrected chi connectivity index (χ4v) is 2.12. The fourth-order valence-electron chi connectivity index (χ4n) is 2.12. The summed E-state index contributed by atoms with van der Waals surface area (Å²) in [4.78, 5) is 13.3. The monoisotopic (exact) mass is 293 g/mol. The van der Waals surface area contributed by atoms with Gasteiger partial charge in [-0.25, -0.2) is 0 Å². The molecule has 0 aliphatic heterocycles. The van der Waals surface area contributed by atoms with Gasteiger partial charge in [0.15, 0.2) is 0 Å². The Morgan fingerprint density at radius 2 is 2.00 bits per heavy atom. The number of nitrogens with two attached hydrogens (primary N) is 1. The van der Waals surface area contributed by atoms with Gasteiger partial charge in [0.2, 0.25) is 0 Å². The minimum Gasteiger partial charge on any atom is -0.397 e. The summed E-state index contributed by atoms with van der Waals surface area (Å²) in [5.41, 5.74) is 7.83. The second-order valence-corrected chi connectivity index (χ2v) is 6.80. The Morgan fingerprint density at radius 1 is 1.38 bits per heavy atom. The van der Waals surface area contributed by atoms with Gasteiger partial charge in [-0.3, -0.25) is 4.79 Å². The highest BCUT2D eigenvalue weighted by Gasteiger charge is 2.17. The second-order valence-electron chi connectivity index (χ2n) is 6.80. The van der Waals surface area contributed by atoms with Crippen molar-refractivity contribution in [2.24, 2.45) is 5.41 Å². The van der Waals surface area contributed by atoms with E-state index in [1.54, 1.807) is 32.3 Å². The van der Waals surface area contributed by atoms with E-state index in [0.717, 1.165) is 5.69 Å². The summed E-state index contributed by atoms with van der Waals surface area (Å²) in [5, 5.41) is 13.1. The summed E-state index contributed by atoms with van der Waals surface area (Å²) in [6, 6.07) is 5.16. The quantitative estimate of drug-likeness (QED) is 0.727. The molecule has 0 aliphatic carbocycles.